The average Bonchev–Trinajstić information content (AvgIpc) is 3.28. The first-order chi connectivity index (χ1) is 16.8. The minimum absolute atomic E-state index is 0.953. The first-order valence-electron chi connectivity index (χ1n) is 11.7. The van der Waals surface area contributed by atoms with Crippen LogP contribution in [0.2, 0.25) is 0 Å². The summed E-state index contributed by atoms with van der Waals surface area (Å²) >= 11 is 0. The Morgan fingerprint density at radius 2 is 0.912 bits per heavy atom. The number of hydrogen-bond acceptors (Lipinski definition) is 1. The molecule has 0 aliphatic heterocycles. The van der Waals surface area contributed by atoms with Crippen LogP contribution in [0.15, 0.2) is 120 Å². The highest BCUT2D eigenvalue weighted by atomic mass is 16.3. The van der Waals surface area contributed by atoms with Gasteiger partial charge in [0.05, 0.1) is 0 Å². The lowest BCUT2D eigenvalue weighted by Crippen LogP contribution is -1.90. The topological polar surface area (TPSA) is 13.1 Å². The normalized spacial score (nSPS) is 11.7. The maximum Gasteiger partial charge on any atom is 0.143 e. The Labute approximate surface area is 197 Å². The van der Waals surface area contributed by atoms with Gasteiger partial charge in [0.2, 0.25) is 0 Å². The highest BCUT2D eigenvalue weighted by Crippen LogP contribution is 2.46. The number of fused-ring (bicyclic) bond motifs is 5. The van der Waals surface area contributed by atoms with Crippen molar-refractivity contribution in [2.24, 2.45) is 0 Å². The average molecular weight is 435 g/mol. The van der Waals surface area contributed by atoms with Gasteiger partial charge in [-0.15, -0.1) is 0 Å². The molecule has 0 spiro atoms. The van der Waals surface area contributed by atoms with Crippen molar-refractivity contribution in [3.8, 4) is 22.3 Å². The molecule has 0 bridgehead atoms. The van der Waals surface area contributed by atoms with Crippen molar-refractivity contribution in [3.05, 3.63) is 121 Å². The smallest absolute Gasteiger partial charge is 0.143 e. The Hall–Kier alpha value is -4.36. The van der Waals surface area contributed by atoms with E-state index in [0.29, 0.717) is 0 Å². The molecule has 7 rings (SSSR count). The molecule has 1 heterocycles. The number of hydrogen-bond donors (Lipinski definition) is 0. The van der Waals surface area contributed by atoms with Crippen molar-refractivity contribution in [1.29, 1.82) is 0 Å². The van der Waals surface area contributed by atoms with E-state index < -0.39 is 0 Å². The summed E-state index contributed by atoms with van der Waals surface area (Å²) in [5, 5.41) is 7.33. The highest BCUT2D eigenvalue weighted by molar-refractivity contribution is 6.24. The van der Waals surface area contributed by atoms with E-state index in [1.54, 1.807) is 0 Å². The van der Waals surface area contributed by atoms with Gasteiger partial charge in [-0.3, -0.25) is 0 Å². The van der Waals surface area contributed by atoms with E-state index in [2.05, 4.69) is 122 Å². The van der Waals surface area contributed by atoms with Crippen LogP contribution in [0.4, 0.5) is 0 Å². The second-order valence-corrected chi connectivity index (χ2v) is 8.94. The summed E-state index contributed by atoms with van der Waals surface area (Å²) in [5.74, 6) is 0. The SMILES string of the molecule is Cc1cccc2c1oc1c(-c3c4ccccc4c(-c4ccccc4)c4ccccc34)cccc12. The zero-order chi connectivity index (χ0) is 22.6. The summed E-state index contributed by atoms with van der Waals surface area (Å²) in [6.07, 6.45) is 0. The lowest BCUT2D eigenvalue weighted by Gasteiger charge is -2.17. The van der Waals surface area contributed by atoms with Gasteiger partial charge in [-0.2, -0.15) is 0 Å². The third kappa shape index (κ3) is 2.67. The van der Waals surface area contributed by atoms with E-state index in [4.69, 9.17) is 4.42 Å². The van der Waals surface area contributed by atoms with Crippen LogP contribution >= 0.6 is 0 Å². The van der Waals surface area contributed by atoms with Gasteiger partial charge in [0, 0.05) is 21.9 Å². The number of benzene rings is 6. The Morgan fingerprint density at radius 3 is 1.56 bits per heavy atom. The first kappa shape index (κ1) is 19.1. The van der Waals surface area contributed by atoms with Crippen molar-refractivity contribution in [2.75, 3.05) is 0 Å². The van der Waals surface area contributed by atoms with E-state index in [1.807, 2.05) is 0 Å². The molecular formula is C33H22O. The summed E-state index contributed by atoms with van der Waals surface area (Å²) in [5.41, 5.74) is 7.97. The number of furan rings is 1. The van der Waals surface area contributed by atoms with Crippen molar-refractivity contribution in [3.63, 3.8) is 0 Å². The monoisotopic (exact) mass is 434 g/mol. The number of rotatable bonds is 2. The summed E-state index contributed by atoms with van der Waals surface area (Å²) in [4.78, 5) is 0. The molecule has 0 saturated carbocycles. The zero-order valence-electron chi connectivity index (χ0n) is 18.9. The predicted octanol–water partition coefficient (Wildman–Crippen LogP) is 9.53. The van der Waals surface area contributed by atoms with Crippen LogP contribution < -0.4 is 0 Å². The van der Waals surface area contributed by atoms with Crippen LogP contribution in [0.25, 0.3) is 65.7 Å². The van der Waals surface area contributed by atoms with Crippen LogP contribution in [-0.2, 0) is 0 Å². The van der Waals surface area contributed by atoms with E-state index in [1.165, 1.54) is 43.6 Å². The lowest BCUT2D eigenvalue weighted by atomic mass is 9.85. The van der Waals surface area contributed by atoms with Gasteiger partial charge < -0.3 is 4.42 Å². The molecule has 160 valence electrons. The third-order valence-electron chi connectivity index (χ3n) is 6.98. The Kier molecular flexibility index (Phi) is 4.13. The molecule has 0 N–H and O–H groups in total. The lowest BCUT2D eigenvalue weighted by molar-refractivity contribution is 0.667. The predicted molar refractivity (Wildman–Crippen MR) is 144 cm³/mol. The standard InChI is InChI=1S/C33H22O/c1-21-11-9-18-27-28-19-10-20-29(33(28)34-32(21)27)31-25-16-7-5-14-23(25)30(22-12-3-2-4-13-22)24-15-6-8-17-26(24)31/h2-20H,1H3. The molecule has 0 radical (unpaired) electrons. The molecule has 0 amide bonds. The van der Waals surface area contributed by atoms with E-state index in [-0.39, 0.29) is 0 Å². The molecule has 1 heteroatoms. The maximum atomic E-state index is 6.58. The quantitative estimate of drug-likeness (QED) is 0.247. The molecule has 0 aliphatic carbocycles. The van der Waals surface area contributed by atoms with E-state index >= 15 is 0 Å². The Morgan fingerprint density at radius 1 is 0.412 bits per heavy atom. The molecule has 0 aliphatic rings. The van der Waals surface area contributed by atoms with Gasteiger partial charge >= 0.3 is 0 Å². The fraction of sp³-hybridized carbons (Fsp3) is 0.0303. The second-order valence-electron chi connectivity index (χ2n) is 8.94. The summed E-state index contributed by atoms with van der Waals surface area (Å²) in [7, 11) is 0. The van der Waals surface area contributed by atoms with Crippen LogP contribution in [0.1, 0.15) is 5.56 Å². The Balaban J connectivity index is 1.69. The molecule has 7 aromatic rings. The van der Waals surface area contributed by atoms with Crippen LogP contribution in [-0.4, -0.2) is 0 Å². The minimum atomic E-state index is 0.953. The molecule has 0 fully saturated rings. The molecular weight excluding hydrogens is 412 g/mol. The summed E-state index contributed by atoms with van der Waals surface area (Å²) < 4.78 is 6.58. The van der Waals surface area contributed by atoms with Gasteiger partial charge in [0.15, 0.2) is 0 Å². The van der Waals surface area contributed by atoms with Crippen LogP contribution in [0, 0.1) is 6.92 Å². The van der Waals surface area contributed by atoms with Gasteiger partial charge in [-0.05, 0) is 45.2 Å². The van der Waals surface area contributed by atoms with Gasteiger partial charge in [-0.25, -0.2) is 0 Å². The molecule has 6 aromatic carbocycles. The fourth-order valence-corrected chi connectivity index (χ4v) is 5.49. The zero-order valence-corrected chi connectivity index (χ0v) is 18.9. The third-order valence-corrected chi connectivity index (χ3v) is 6.98. The van der Waals surface area contributed by atoms with Crippen molar-refractivity contribution in [2.45, 2.75) is 6.92 Å². The van der Waals surface area contributed by atoms with Gasteiger partial charge in [-0.1, -0.05) is 115 Å². The van der Waals surface area contributed by atoms with Crippen LogP contribution in [0.3, 0.4) is 0 Å². The highest BCUT2D eigenvalue weighted by Gasteiger charge is 2.20. The maximum absolute atomic E-state index is 6.58. The molecule has 0 atom stereocenters. The largest absolute Gasteiger partial charge is 0.455 e. The fourth-order valence-electron chi connectivity index (χ4n) is 5.49. The summed E-state index contributed by atoms with van der Waals surface area (Å²) in [6.45, 7) is 2.11. The van der Waals surface area contributed by atoms with Crippen molar-refractivity contribution < 1.29 is 4.42 Å². The van der Waals surface area contributed by atoms with Gasteiger partial charge in [0.25, 0.3) is 0 Å². The second kappa shape index (κ2) is 7.33. The Bertz CT molecular complexity index is 1800. The molecule has 1 aromatic heterocycles. The van der Waals surface area contributed by atoms with Crippen LogP contribution in [0.5, 0.6) is 0 Å². The summed E-state index contributed by atoms with van der Waals surface area (Å²) in [6, 6.07) is 41.2. The number of aryl methyl sites for hydroxylation is 1. The molecule has 1 nitrogen and oxygen atoms in total. The van der Waals surface area contributed by atoms with E-state index in [0.717, 1.165) is 27.7 Å². The molecule has 0 saturated heterocycles. The van der Waals surface area contributed by atoms with E-state index in [9.17, 15) is 0 Å². The van der Waals surface area contributed by atoms with Gasteiger partial charge in [0.1, 0.15) is 11.2 Å². The number of para-hydroxylation sites is 2. The van der Waals surface area contributed by atoms with Crippen molar-refractivity contribution >= 4 is 43.5 Å². The minimum Gasteiger partial charge on any atom is -0.455 e. The van der Waals surface area contributed by atoms with Crippen molar-refractivity contribution in [1.82, 2.24) is 0 Å². The first-order valence-corrected chi connectivity index (χ1v) is 11.7. The molecule has 0 unspecified atom stereocenters. The molecule has 34 heavy (non-hydrogen) atoms.